The molecule has 0 amide bonds. The van der Waals surface area contributed by atoms with Gasteiger partial charge in [-0.2, -0.15) is 0 Å². The van der Waals surface area contributed by atoms with Crippen molar-refractivity contribution in [3.63, 3.8) is 0 Å². The molecule has 0 aromatic heterocycles. The van der Waals surface area contributed by atoms with Crippen LogP contribution in [-0.2, 0) is 9.08 Å². The van der Waals surface area contributed by atoms with Crippen LogP contribution < -0.4 is 11.1 Å². The van der Waals surface area contributed by atoms with Crippen LogP contribution in [0.25, 0.3) is 0 Å². The first-order chi connectivity index (χ1) is 7.13. The zero-order chi connectivity index (χ0) is 10.2. The molecule has 0 aromatic rings. The number of hydrogen-bond acceptors (Lipinski definition) is 4. The molecule has 3 N–H and O–H groups in total. The third-order valence-electron chi connectivity index (χ3n) is 6.31. The van der Waals surface area contributed by atoms with Crippen LogP contribution >= 0.6 is 11.9 Å². The van der Waals surface area contributed by atoms with Crippen molar-refractivity contribution < 1.29 is 9.08 Å². The average Bonchev–Trinajstić information content (AvgIpc) is 2.79. The molecule has 5 aliphatic rings. The Balaban J connectivity index is 1.66. The van der Waals surface area contributed by atoms with Crippen LogP contribution in [0, 0.1) is 23.2 Å². The van der Waals surface area contributed by atoms with Crippen molar-refractivity contribution in [2.45, 2.75) is 30.0 Å². The first-order valence-corrected chi connectivity index (χ1v) is 5.83. The lowest BCUT2D eigenvalue weighted by Crippen LogP contribution is -2.81. The highest BCUT2D eigenvalue weighted by Crippen LogP contribution is 2.95. The summed E-state index contributed by atoms with van der Waals surface area (Å²) in [5, 5.41) is 3.39. The Morgan fingerprint density at radius 3 is 3.07 bits per heavy atom. The van der Waals surface area contributed by atoms with E-state index in [1.165, 1.54) is 6.42 Å². The summed E-state index contributed by atoms with van der Waals surface area (Å²) in [7, 11) is 0. The van der Waals surface area contributed by atoms with Crippen LogP contribution in [0.15, 0.2) is 0 Å². The van der Waals surface area contributed by atoms with Gasteiger partial charge in [-0.25, -0.2) is 4.79 Å². The molecule has 7 atom stereocenters. The molecule has 5 fully saturated rings. The molecule has 0 bridgehead atoms. The fraction of sp³-hybridized carbons (Fsp3) is 0.900. The molecule has 1 spiro atoms. The molecular weight excluding hydrogens is 216 g/mol. The number of hydrogen-bond donors (Lipinski definition) is 2. The summed E-state index contributed by atoms with van der Waals surface area (Å²) in [6.45, 7) is 0. The zero-order valence-electron chi connectivity index (χ0n) is 8.00. The largest absolute Gasteiger partial charge is 0.346 e. The fourth-order valence-corrected chi connectivity index (χ4v) is 6.00. The average molecular weight is 227 g/mol. The van der Waals surface area contributed by atoms with Gasteiger partial charge >= 0.3 is 5.97 Å². The molecule has 1 heterocycles. The Morgan fingerprint density at radius 2 is 2.33 bits per heavy atom. The third kappa shape index (κ3) is 0.407. The Morgan fingerprint density at radius 1 is 1.53 bits per heavy atom. The first kappa shape index (κ1) is 7.87. The van der Waals surface area contributed by atoms with Gasteiger partial charge in [-0.05, 0) is 24.7 Å². The molecule has 0 aromatic carbocycles. The summed E-state index contributed by atoms with van der Waals surface area (Å²) in [6, 6.07) is 0.474. The van der Waals surface area contributed by atoms with Crippen molar-refractivity contribution in [1.29, 1.82) is 0 Å². The number of carbonyl (C=O) groups excluding carboxylic acids is 1. The van der Waals surface area contributed by atoms with Crippen LogP contribution in [0.1, 0.15) is 12.8 Å². The molecule has 4 saturated carbocycles. The van der Waals surface area contributed by atoms with Gasteiger partial charge in [0.2, 0.25) is 0 Å². The predicted molar refractivity (Wildman–Crippen MR) is 50.7 cm³/mol. The quantitative estimate of drug-likeness (QED) is 0.648. The van der Waals surface area contributed by atoms with Gasteiger partial charge in [0.1, 0.15) is 17.4 Å². The molecule has 0 radical (unpaired) electrons. The van der Waals surface area contributed by atoms with Gasteiger partial charge in [-0.15, -0.1) is 0 Å². The monoisotopic (exact) mass is 226 g/mol. The van der Waals surface area contributed by atoms with E-state index in [0.717, 1.165) is 6.42 Å². The highest BCUT2D eigenvalue weighted by molar-refractivity contribution is 6.14. The normalized spacial score (nSPS) is 74.3. The molecule has 5 rings (SSSR count). The number of carbonyl (C=O) groups is 1. The smallest absolute Gasteiger partial charge is 0.345 e. The summed E-state index contributed by atoms with van der Waals surface area (Å²) in [4.78, 5) is 11.7. The number of nitrogens with one attached hydrogen (secondary N) is 1. The molecule has 4 aliphatic carbocycles. The van der Waals surface area contributed by atoms with Crippen LogP contribution in [0.3, 0.4) is 0 Å². The Hall–Kier alpha value is -0.320. The second kappa shape index (κ2) is 1.63. The highest BCUT2D eigenvalue weighted by atomic mass is 35.5. The first-order valence-electron chi connectivity index (χ1n) is 5.52. The van der Waals surface area contributed by atoms with E-state index in [9.17, 15) is 4.79 Å². The minimum absolute atomic E-state index is 0.0714. The number of nitrogens with two attached hydrogens (primary N) is 1. The number of halogens is 1. The van der Waals surface area contributed by atoms with Gasteiger partial charge in [0.25, 0.3) is 0 Å². The highest BCUT2D eigenvalue weighted by Gasteiger charge is 3.04. The van der Waals surface area contributed by atoms with Gasteiger partial charge in [0.05, 0.1) is 0 Å². The van der Waals surface area contributed by atoms with Crippen LogP contribution in [0.5, 0.6) is 0 Å². The topological polar surface area (TPSA) is 64.4 Å². The van der Waals surface area contributed by atoms with Crippen LogP contribution in [0.2, 0.25) is 0 Å². The van der Waals surface area contributed by atoms with E-state index in [2.05, 4.69) is 9.61 Å². The molecule has 5 heteroatoms. The van der Waals surface area contributed by atoms with Gasteiger partial charge in [0.15, 0.2) is 0 Å². The molecule has 80 valence electrons. The van der Waals surface area contributed by atoms with Crippen molar-refractivity contribution in [2.75, 3.05) is 0 Å². The third-order valence-corrected chi connectivity index (χ3v) is 6.45. The Kier molecular flexibility index (Phi) is 0.858. The molecule has 15 heavy (non-hydrogen) atoms. The Labute approximate surface area is 91.6 Å². The minimum Gasteiger partial charge on any atom is -0.346 e. The lowest BCUT2D eigenvalue weighted by molar-refractivity contribution is -0.165. The van der Waals surface area contributed by atoms with E-state index in [-0.39, 0.29) is 11.5 Å². The molecule has 7 unspecified atom stereocenters. The van der Waals surface area contributed by atoms with Gasteiger partial charge in [-0.3, -0.25) is 5.32 Å². The second-order valence-corrected chi connectivity index (χ2v) is 6.19. The second-order valence-electron chi connectivity index (χ2n) is 6.04. The minimum atomic E-state index is -0.471. The van der Waals surface area contributed by atoms with Gasteiger partial charge < -0.3 is 10.0 Å². The number of piperidine rings is 1. The maximum absolute atomic E-state index is 11.7. The molecule has 1 aliphatic heterocycles. The summed E-state index contributed by atoms with van der Waals surface area (Å²) in [5.74, 6) is 1.20. The number of rotatable bonds is 1. The van der Waals surface area contributed by atoms with Crippen molar-refractivity contribution in [3.05, 3.63) is 0 Å². The van der Waals surface area contributed by atoms with E-state index in [0.29, 0.717) is 29.2 Å². The van der Waals surface area contributed by atoms with E-state index in [1.807, 2.05) is 0 Å². The summed E-state index contributed by atoms with van der Waals surface area (Å²) < 4.78 is 4.42. The predicted octanol–water partition coefficient (Wildman–Crippen LogP) is -0.239. The summed E-state index contributed by atoms with van der Waals surface area (Å²) >= 11 is 5.22. The summed E-state index contributed by atoms with van der Waals surface area (Å²) in [5.41, 5.74) is 6.38. The lowest BCUT2D eigenvalue weighted by atomic mass is 9.55. The maximum atomic E-state index is 11.7. The van der Waals surface area contributed by atoms with Crippen molar-refractivity contribution in [2.24, 2.45) is 28.9 Å². The SMILES string of the molecule is NC12C3CC4(C(=O)OCl)NC5C4C1C52C3. The van der Waals surface area contributed by atoms with Gasteiger partial charge in [0, 0.05) is 22.9 Å². The van der Waals surface area contributed by atoms with E-state index in [4.69, 9.17) is 17.6 Å². The fourth-order valence-electron chi connectivity index (χ4n) is 5.86. The molecular formula is C10H11ClN2O2. The Bertz CT molecular complexity index is 435. The molecule has 1 saturated heterocycles. The summed E-state index contributed by atoms with van der Waals surface area (Å²) in [6.07, 6.45) is 2.04. The molecule has 4 nitrogen and oxygen atoms in total. The van der Waals surface area contributed by atoms with E-state index in [1.54, 1.807) is 0 Å². The zero-order valence-corrected chi connectivity index (χ0v) is 8.75. The van der Waals surface area contributed by atoms with Crippen LogP contribution in [0.4, 0.5) is 0 Å². The van der Waals surface area contributed by atoms with Crippen LogP contribution in [-0.4, -0.2) is 23.1 Å². The van der Waals surface area contributed by atoms with Crippen molar-refractivity contribution in [3.8, 4) is 0 Å². The van der Waals surface area contributed by atoms with Crippen molar-refractivity contribution >= 4 is 17.8 Å². The van der Waals surface area contributed by atoms with Gasteiger partial charge in [-0.1, -0.05) is 0 Å². The van der Waals surface area contributed by atoms with E-state index >= 15 is 0 Å². The maximum Gasteiger partial charge on any atom is 0.345 e. The standard InChI is InChI=1S/C10H11ClN2O2/c11-15-7(14)9-2-3-1-8-5(10(3,8)12)4(9)6(8)13-9/h3-6,13H,1-2,12H2. The van der Waals surface area contributed by atoms with Crippen molar-refractivity contribution in [1.82, 2.24) is 5.32 Å². The lowest BCUT2D eigenvalue weighted by Gasteiger charge is -2.61. The van der Waals surface area contributed by atoms with E-state index < -0.39 is 5.54 Å².